The van der Waals surface area contributed by atoms with Crippen molar-refractivity contribution in [3.63, 3.8) is 0 Å². The summed E-state index contributed by atoms with van der Waals surface area (Å²) >= 11 is 0. The van der Waals surface area contributed by atoms with Crippen LogP contribution in [0, 0.1) is 11.6 Å². The molecule has 0 atom stereocenters. The molecule has 1 heterocycles. The molecule has 1 aromatic heterocycles. The number of carbonyl (C=O) groups is 1. The smallest absolute Gasteiger partial charge is 0.408 e. The number of benzene rings is 2. The summed E-state index contributed by atoms with van der Waals surface area (Å²) in [5.74, 6) is -2.29. The number of fused-ring (bicyclic) bond motifs is 1. The van der Waals surface area contributed by atoms with E-state index in [0.29, 0.717) is 17.5 Å². The van der Waals surface area contributed by atoms with Crippen molar-refractivity contribution < 1.29 is 18.0 Å². The van der Waals surface area contributed by atoms with Gasteiger partial charge in [-0.25, -0.2) is 13.6 Å². The van der Waals surface area contributed by atoms with Gasteiger partial charge in [0.1, 0.15) is 11.6 Å². The number of aryl methyl sites for hydroxylation is 1. The number of aromatic nitrogens is 1. The summed E-state index contributed by atoms with van der Waals surface area (Å²) in [6, 6.07) is 9.82. The summed E-state index contributed by atoms with van der Waals surface area (Å²) < 4.78 is 33.1. The molecule has 124 valence electrons. The molecule has 0 aliphatic rings. The topological polar surface area (TPSA) is 64.2 Å². The van der Waals surface area contributed by atoms with Crippen LogP contribution in [0.2, 0.25) is 0 Å². The third-order valence-electron chi connectivity index (χ3n) is 3.56. The van der Waals surface area contributed by atoms with Crippen LogP contribution in [0.15, 0.2) is 51.7 Å². The summed E-state index contributed by atoms with van der Waals surface area (Å²) in [4.78, 5) is 23.6. The van der Waals surface area contributed by atoms with Crippen LogP contribution in [0.3, 0.4) is 0 Å². The lowest BCUT2D eigenvalue weighted by molar-refractivity contribution is -0.116. The summed E-state index contributed by atoms with van der Waals surface area (Å²) in [6.07, 6.45) is 0.411. The number of nitrogens with one attached hydrogen (secondary N) is 1. The first kappa shape index (κ1) is 15.9. The van der Waals surface area contributed by atoms with E-state index in [0.717, 1.165) is 18.2 Å². The van der Waals surface area contributed by atoms with Gasteiger partial charge in [0.25, 0.3) is 0 Å². The Hall–Kier alpha value is -2.96. The Morgan fingerprint density at radius 2 is 1.96 bits per heavy atom. The number of amides is 1. The first-order valence-electron chi connectivity index (χ1n) is 7.38. The Balaban J connectivity index is 1.61. The van der Waals surface area contributed by atoms with Crippen molar-refractivity contribution in [2.45, 2.75) is 19.4 Å². The number of oxazole rings is 1. The van der Waals surface area contributed by atoms with E-state index in [1.807, 2.05) is 0 Å². The van der Waals surface area contributed by atoms with Crippen LogP contribution in [-0.2, 0) is 11.3 Å². The van der Waals surface area contributed by atoms with Crippen LogP contribution in [0.1, 0.15) is 12.8 Å². The quantitative estimate of drug-likeness (QED) is 0.780. The molecule has 1 N–H and O–H groups in total. The lowest BCUT2D eigenvalue weighted by atomic mass is 10.2. The van der Waals surface area contributed by atoms with Crippen LogP contribution < -0.4 is 11.1 Å². The Bertz CT molecular complexity index is 946. The Morgan fingerprint density at radius 1 is 1.17 bits per heavy atom. The minimum atomic E-state index is -0.707. The Labute approximate surface area is 135 Å². The maximum atomic E-state index is 13.5. The van der Waals surface area contributed by atoms with E-state index in [2.05, 4.69) is 5.32 Å². The van der Waals surface area contributed by atoms with E-state index in [1.54, 1.807) is 24.3 Å². The molecule has 0 saturated carbocycles. The van der Waals surface area contributed by atoms with Crippen molar-refractivity contribution in [3.05, 3.63) is 64.6 Å². The molecule has 0 bridgehead atoms. The lowest BCUT2D eigenvalue weighted by Gasteiger charge is -2.07. The molecule has 0 radical (unpaired) electrons. The van der Waals surface area contributed by atoms with Gasteiger partial charge in [-0.15, -0.1) is 0 Å². The predicted octanol–water partition coefficient (Wildman–Crippen LogP) is 3.29. The molecule has 1 amide bonds. The van der Waals surface area contributed by atoms with Crippen molar-refractivity contribution in [2.24, 2.45) is 0 Å². The van der Waals surface area contributed by atoms with Crippen LogP contribution in [0.4, 0.5) is 14.5 Å². The molecule has 5 nitrogen and oxygen atoms in total. The molecule has 0 aliphatic carbocycles. The molecule has 7 heteroatoms. The second-order valence-corrected chi connectivity index (χ2v) is 5.26. The first-order chi connectivity index (χ1) is 11.5. The maximum absolute atomic E-state index is 13.5. The summed E-state index contributed by atoms with van der Waals surface area (Å²) in [5, 5.41) is 2.32. The molecule has 3 aromatic rings. The van der Waals surface area contributed by atoms with Crippen molar-refractivity contribution in [2.75, 3.05) is 5.32 Å². The second kappa shape index (κ2) is 6.66. The third-order valence-corrected chi connectivity index (χ3v) is 3.56. The zero-order valence-corrected chi connectivity index (χ0v) is 12.6. The van der Waals surface area contributed by atoms with Gasteiger partial charge in [0.15, 0.2) is 5.58 Å². The highest BCUT2D eigenvalue weighted by Gasteiger charge is 2.11. The number of halogens is 2. The number of hydrogen-bond donors (Lipinski definition) is 1. The van der Waals surface area contributed by atoms with Crippen molar-refractivity contribution in [3.8, 4) is 0 Å². The van der Waals surface area contributed by atoms with Gasteiger partial charge in [-0.1, -0.05) is 12.1 Å². The van der Waals surface area contributed by atoms with Crippen LogP contribution in [0.25, 0.3) is 11.1 Å². The molecule has 2 aromatic carbocycles. The van der Waals surface area contributed by atoms with Gasteiger partial charge in [0, 0.05) is 19.0 Å². The van der Waals surface area contributed by atoms with Gasteiger partial charge < -0.3 is 9.73 Å². The molecule has 24 heavy (non-hydrogen) atoms. The third kappa shape index (κ3) is 3.34. The zero-order chi connectivity index (χ0) is 17.1. The highest BCUT2D eigenvalue weighted by molar-refractivity contribution is 5.90. The summed E-state index contributed by atoms with van der Waals surface area (Å²) in [7, 11) is 0. The van der Waals surface area contributed by atoms with E-state index >= 15 is 0 Å². The molecule has 0 saturated heterocycles. The van der Waals surface area contributed by atoms with Crippen molar-refractivity contribution in [1.29, 1.82) is 0 Å². The number of hydrogen-bond acceptors (Lipinski definition) is 3. The number of nitrogens with zero attached hydrogens (tertiary/aromatic N) is 1. The van der Waals surface area contributed by atoms with Gasteiger partial charge in [0.2, 0.25) is 5.91 Å². The molecule has 0 spiro atoms. The number of carbonyl (C=O) groups excluding carboxylic acids is 1. The number of para-hydroxylation sites is 2. The van der Waals surface area contributed by atoms with Crippen molar-refractivity contribution in [1.82, 2.24) is 4.57 Å². The second-order valence-electron chi connectivity index (χ2n) is 5.26. The largest absolute Gasteiger partial charge is 0.419 e. The number of anilines is 1. The fourth-order valence-corrected chi connectivity index (χ4v) is 2.43. The van der Waals surface area contributed by atoms with Crippen LogP contribution >= 0.6 is 0 Å². The average Bonchev–Trinajstić information content (AvgIpc) is 2.87. The first-order valence-corrected chi connectivity index (χ1v) is 7.38. The fourth-order valence-electron chi connectivity index (χ4n) is 2.43. The van der Waals surface area contributed by atoms with Gasteiger partial charge >= 0.3 is 5.76 Å². The molecule has 0 unspecified atom stereocenters. The zero-order valence-electron chi connectivity index (χ0n) is 12.6. The fraction of sp³-hybridized carbons (Fsp3) is 0.176. The van der Waals surface area contributed by atoms with Crippen LogP contribution in [0.5, 0.6) is 0 Å². The van der Waals surface area contributed by atoms with Gasteiger partial charge in [-0.05, 0) is 30.7 Å². The van der Waals surface area contributed by atoms with E-state index < -0.39 is 23.3 Å². The normalized spacial score (nSPS) is 10.9. The van der Waals surface area contributed by atoms with E-state index in [9.17, 15) is 18.4 Å². The van der Waals surface area contributed by atoms with Gasteiger partial charge in [0.05, 0.1) is 11.2 Å². The highest BCUT2D eigenvalue weighted by Crippen LogP contribution is 2.16. The summed E-state index contributed by atoms with van der Waals surface area (Å²) in [5.41, 5.74) is 0.929. The monoisotopic (exact) mass is 332 g/mol. The van der Waals surface area contributed by atoms with E-state index in [1.165, 1.54) is 4.57 Å². The van der Waals surface area contributed by atoms with Gasteiger partial charge in [-0.3, -0.25) is 9.36 Å². The van der Waals surface area contributed by atoms with E-state index in [4.69, 9.17) is 4.42 Å². The Kier molecular flexibility index (Phi) is 4.41. The molecule has 0 fully saturated rings. The average molecular weight is 332 g/mol. The Morgan fingerprint density at radius 3 is 2.79 bits per heavy atom. The summed E-state index contributed by atoms with van der Waals surface area (Å²) in [6.45, 7) is 0.287. The highest BCUT2D eigenvalue weighted by atomic mass is 19.1. The minimum absolute atomic E-state index is 0.0574. The van der Waals surface area contributed by atoms with E-state index in [-0.39, 0.29) is 18.7 Å². The molecule has 3 rings (SSSR count). The van der Waals surface area contributed by atoms with Crippen LogP contribution in [-0.4, -0.2) is 10.5 Å². The maximum Gasteiger partial charge on any atom is 0.419 e. The SMILES string of the molecule is O=C(CCCn1c(=O)oc2ccccc21)Nc1cc(F)ccc1F. The standard InChI is InChI=1S/C17H14F2N2O3/c18-11-7-8-12(19)13(10-11)20-16(22)6-3-9-21-14-4-1-2-5-15(14)24-17(21)23/h1-2,4-5,7-8,10H,3,6,9H2,(H,20,22). The predicted molar refractivity (Wildman–Crippen MR) is 84.7 cm³/mol. The number of rotatable bonds is 5. The molecular weight excluding hydrogens is 318 g/mol. The minimum Gasteiger partial charge on any atom is -0.408 e. The van der Waals surface area contributed by atoms with Gasteiger partial charge in [-0.2, -0.15) is 0 Å². The molecule has 0 aliphatic heterocycles. The molecular formula is C17H14F2N2O3. The van der Waals surface area contributed by atoms with Crippen molar-refractivity contribution >= 4 is 22.7 Å². The lowest BCUT2D eigenvalue weighted by Crippen LogP contribution is -2.17.